The number of para-hydroxylation sites is 1. The van der Waals surface area contributed by atoms with Gasteiger partial charge in [-0.25, -0.2) is 0 Å². The summed E-state index contributed by atoms with van der Waals surface area (Å²) in [6, 6.07) is 7.46. The van der Waals surface area contributed by atoms with E-state index in [1.54, 1.807) is 6.07 Å². The van der Waals surface area contributed by atoms with Crippen LogP contribution < -0.4 is 10.1 Å². The van der Waals surface area contributed by atoms with E-state index in [1.165, 1.54) is 0 Å². The van der Waals surface area contributed by atoms with Gasteiger partial charge in [0.05, 0.1) is 5.56 Å². The maximum absolute atomic E-state index is 13.3. The number of rotatable bonds is 1. The molecule has 2 aliphatic heterocycles. The quantitative estimate of drug-likeness (QED) is 0.806. The maximum Gasteiger partial charge on any atom is 0.258 e. The molecule has 1 saturated heterocycles. The summed E-state index contributed by atoms with van der Waals surface area (Å²) >= 11 is 1.93. The SMILES string of the molecule is C[C@]12CC[C@@H](C[C@@H]1C(=O)N1CCSCC1)[C@@]1(C2)NC(=O)c2ccccc2O1. The summed E-state index contributed by atoms with van der Waals surface area (Å²) < 4.78 is 6.44. The Morgan fingerprint density at radius 2 is 2.07 bits per heavy atom. The van der Waals surface area contributed by atoms with Crippen LogP contribution in [0.1, 0.15) is 43.0 Å². The van der Waals surface area contributed by atoms with Crippen molar-refractivity contribution in [3.8, 4) is 5.75 Å². The van der Waals surface area contributed by atoms with Crippen LogP contribution in [0.4, 0.5) is 0 Å². The Labute approximate surface area is 164 Å². The molecule has 2 bridgehead atoms. The van der Waals surface area contributed by atoms with Crippen molar-refractivity contribution >= 4 is 23.6 Å². The van der Waals surface area contributed by atoms with Gasteiger partial charge < -0.3 is 15.0 Å². The molecule has 2 amide bonds. The van der Waals surface area contributed by atoms with Gasteiger partial charge in [-0.1, -0.05) is 19.1 Å². The molecule has 5 nitrogen and oxygen atoms in total. The zero-order valence-electron chi connectivity index (χ0n) is 15.7. The van der Waals surface area contributed by atoms with Crippen LogP contribution in [-0.2, 0) is 4.79 Å². The fourth-order valence-corrected chi connectivity index (χ4v) is 6.54. The lowest BCUT2D eigenvalue weighted by atomic mass is 9.52. The van der Waals surface area contributed by atoms with Crippen molar-refractivity contribution in [2.45, 2.75) is 38.3 Å². The number of nitrogens with zero attached hydrogens (tertiary/aromatic N) is 1. The summed E-state index contributed by atoms with van der Waals surface area (Å²) in [4.78, 5) is 28.1. The Hall–Kier alpha value is -1.69. The first kappa shape index (κ1) is 17.4. The summed E-state index contributed by atoms with van der Waals surface area (Å²) in [5.74, 6) is 3.25. The maximum atomic E-state index is 13.3. The van der Waals surface area contributed by atoms with Crippen molar-refractivity contribution in [1.29, 1.82) is 0 Å². The lowest BCUT2D eigenvalue weighted by Gasteiger charge is -2.60. The van der Waals surface area contributed by atoms with E-state index in [9.17, 15) is 9.59 Å². The molecule has 4 atom stereocenters. The summed E-state index contributed by atoms with van der Waals surface area (Å²) in [6.45, 7) is 3.96. The van der Waals surface area contributed by atoms with Crippen LogP contribution >= 0.6 is 11.8 Å². The standard InChI is InChI=1S/C21H26N2O3S/c1-20-7-6-14(12-16(20)19(25)23-8-10-27-11-9-23)21(13-20)22-18(24)15-4-2-3-5-17(15)26-21/h2-5,14,16H,6-13H2,1H3,(H,22,24)/t14-,16+,20+,21-/m0/s1. The molecular weight excluding hydrogens is 360 g/mol. The van der Waals surface area contributed by atoms with Crippen molar-refractivity contribution in [1.82, 2.24) is 10.2 Å². The molecular formula is C21H26N2O3S. The minimum absolute atomic E-state index is 0.0441. The van der Waals surface area contributed by atoms with E-state index in [-0.39, 0.29) is 23.2 Å². The van der Waals surface area contributed by atoms with Crippen molar-refractivity contribution in [2.24, 2.45) is 17.3 Å². The van der Waals surface area contributed by atoms with Gasteiger partial charge in [0.15, 0.2) is 5.72 Å². The third-order valence-corrected chi connectivity index (χ3v) is 8.06. The highest BCUT2D eigenvalue weighted by atomic mass is 32.2. The predicted molar refractivity (Wildman–Crippen MR) is 105 cm³/mol. The van der Waals surface area contributed by atoms with Gasteiger partial charge in [0.2, 0.25) is 5.91 Å². The molecule has 3 aliphatic carbocycles. The minimum atomic E-state index is -0.660. The number of ether oxygens (including phenoxy) is 1. The van der Waals surface area contributed by atoms with E-state index in [0.29, 0.717) is 23.6 Å². The number of nitrogens with one attached hydrogen (secondary N) is 1. The van der Waals surface area contributed by atoms with Crippen molar-refractivity contribution in [3.63, 3.8) is 0 Å². The molecule has 4 fully saturated rings. The molecule has 0 aromatic heterocycles. The Morgan fingerprint density at radius 3 is 2.85 bits per heavy atom. The van der Waals surface area contributed by atoms with Gasteiger partial charge in [-0.3, -0.25) is 9.59 Å². The number of fused-ring (bicyclic) bond motifs is 3. The van der Waals surface area contributed by atoms with E-state index in [0.717, 1.165) is 43.9 Å². The fourth-order valence-electron chi connectivity index (χ4n) is 5.64. The lowest BCUT2D eigenvalue weighted by Crippen LogP contribution is -2.69. The normalized spacial score (nSPS) is 37.5. The van der Waals surface area contributed by atoms with E-state index in [2.05, 4.69) is 17.1 Å². The average molecular weight is 387 g/mol. The Kier molecular flexibility index (Phi) is 3.97. The van der Waals surface area contributed by atoms with E-state index in [4.69, 9.17) is 4.74 Å². The number of hydrogen-bond acceptors (Lipinski definition) is 4. The van der Waals surface area contributed by atoms with Crippen LogP contribution in [0.15, 0.2) is 24.3 Å². The van der Waals surface area contributed by atoms with Crippen molar-refractivity contribution in [2.75, 3.05) is 24.6 Å². The second-order valence-corrected chi connectivity index (χ2v) is 9.96. The molecule has 1 aromatic carbocycles. The highest BCUT2D eigenvalue weighted by molar-refractivity contribution is 7.99. The topological polar surface area (TPSA) is 58.6 Å². The zero-order valence-corrected chi connectivity index (χ0v) is 16.5. The number of amides is 2. The summed E-state index contributed by atoms with van der Waals surface area (Å²) in [5.41, 5.74) is -0.184. The number of hydrogen-bond donors (Lipinski definition) is 1. The lowest BCUT2D eigenvalue weighted by molar-refractivity contribution is -0.174. The van der Waals surface area contributed by atoms with E-state index >= 15 is 0 Å². The van der Waals surface area contributed by atoms with Gasteiger partial charge in [0.25, 0.3) is 5.91 Å². The highest BCUT2D eigenvalue weighted by Crippen LogP contribution is 2.59. The Morgan fingerprint density at radius 1 is 1.30 bits per heavy atom. The molecule has 1 spiro atoms. The Bertz CT molecular complexity index is 793. The van der Waals surface area contributed by atoms with Gasteiger partial charge in [0.1, 0.15) is 5.75 Å². The molecule has 2 heterocycles. The number of carbonyl (C=O) groups excluding carboxylic acids is 2. The molecule has 1 aromatic rings. The zero-order chi connectivity index (χ0) is 18.6. The molecule has 0 unspecified atom stereocenters. The largest absolute Gasteiger partial charge is 0.467 e. The van der Waals surface area contributed by atoms with Crippen LogP contribution in [0.25, 0.3) is 0 Å². The average Bonchev–Trinajstić information content (AvgIpc) is 2.68. The van der Waals surface area contributed by atoms with E-state index in [1.807, 2.05) is 30.0 Å². The first-order valence-corrected chi connectivity index (χ1v) is 11.1. The van der Waals surface area contributed by atoms with Crippen LogP contribution in [0.2, 0.25) is 0 Å². The fraction of sp³-hybridized carbons (Fsp3) is 0.619. The predicted octanol–water partition coefficient (Wildman–Crippen LogP) is 2.91. The molecule has 5 aliphatic rings. The number of carbonyl (C=O) groups is 2. The molecule has 6 heteroatoms. The second-order valence-electron chi connectivity index (χ2n) is 8.73. The monoisotopic (exact) mass is 386 g/mol. The van der Waals surface area contributed by atoms with Gasteiger partial charge in [-0.05, 0) is 36.8 Å². The van der Waals surface area contributed by atoms with Crippen LogP contribution in [-0.4, -0.2) is 47.0 Å². The number of benzene rings is 1. The Balaban J connectivity index is 1.43. The molecule has 27 heavy (non-hydrogen) atoms. The number of thioether (sulfide) groups is 1. The molecule has 0 radical (unpaired) electrons. The van der Waals surface area contributed by atoms with Crippen LogP contribution in [0.3, 0.4) is 0 Å². The third kappa shape index (κ3) is 2.67. The highest BCUT2D eigenvalue weighted by Gasteiger charge is 2.62. The minimum Gasteiger partial charge on any atom is -0.467 e. The third-order valence-electron chi connectivity index (χ3n) is 7.12. The first-order chi connectivity index (χ1) is 13.0. The van der Waals surface area contributed by atoms with Gasteiger partial charge >= 0.3 is 0 Å². The first-order valence-electron chi connectivity index (χ1n) is 9.98. The molecule has 144 valence electrons. The van der Waals surface area contributed by atoms with Crippen molar-refractivity contribution in [3.05, 3.63) is 29.8 Å². The van der Waals surface area contributed by atoms with Crippen LogP contribution in [0, 0.1) is 17.3 Å². The summed E-state index contributed by atoms with van der Waals surface area (Å²) in [5, 5.41) is 3.19. The van der Waals surface area contributed by atoms with Crippen molar-refractivity contribution < 1.29 is 14.3 Å². The summed E-state index contributed by atoms with van der Waals surface area (Å²) in [6.07, 6.45) is 3.54. The van der Waals surface area contributed by atoms with Gasteiger partial charge in [-0.15, -0.1) is 0 Å². The van der Waals surface area contributed by atoms with E-state index < -0.39 is 5.72 Å². The second kappa shape index (κ2) is 6.16. The smallest absolute Gasteiger partial charge is 0.258 e. The van der Waals surface area contributed by atoms with Crippen LogP contribution in [0.5, 0.6) is 5.75 Å². The molecule has 1 N–H and O–H groups in total. The summed E-state index contributed by atoms with van der Waals surface area (Å²) in [7, 11) is 0. The molecule has 3 saturated carbocycles. The van der Waals surface area contributed by atoms with Gasteiger partial charge in [-0.2, -0.15) is 11.8 Å². The molecule has 6 rings (SSSR count). The van der Waals surface area contributed by atoms with Gasteiger partial charge in [0, 0.05) is 42.9 Å².